The van der Waals surface area contributed by atoms with Crippen LogP contribution in [0.2, 0.25) is 0 Å². The number of amides is 2. The molecule has 7 heteroatoms. The van der Waals surface area contributed by atoms with Crippen LogP contribution in [0.15, 0.2) is 47.4 Å². The zero-order valence-corrected chi connectivity index (χ0v) is 12.1. The van der Waals surface area contributed by atoms with E-state index in [1.54, 1.807) is 18.2 Å². The van der Waals surface area contributed by atoms with Crippen LogP contribution in [-0.2, 0) is 4.79 Å². The van der Waals surface area contributed by atoms with E-state index in [1.807, 2.05) is 0 Å². The molecule has 0 spiro atoms. The molecule has 0 aliphatic carbocycles. The number of thioether (sulfide) groups is 1. The summed E-state index contributed by atoms with van der Waals surface area (Å²) >= 11 is 1.10. The summed E-state index contributed by atoms with van der Waals surface area (Å²) in [6.45, 7) is 0. The lowest BCUT2D eigenvalue weighted by molar-refractivity contribution is -0.115. The number of nitrogens with two attached hydrogens (primary N) is 1. The Kier molecular flexibility index (Phi) is 5.11. The maximum Gasteiger partial charge on any atom is 0.256 e. The number of rotatable bonds is 5. The smallest absolute Gasteiger partial charge is 0.256 e. The topological polar surface area (TPSA) is 72.2 Å². The molecule has 4 nitrogen and oxygen atoms in total. The molecule has 2 aromatic carbocycles. The summed E-state index contributed by atoms with van der Waals surface area (Å²) in [7, 11) is 0. The molecule has 0 aromatic heterocycles. The van der Waals surface area contributed by atoms with Gasteiger partial charge < -0.3 is 11.1 Å². The third-order valence-electron chi connectivity index (χ3n) is 2.68. The van der Waals surface area contributed by atoms with Crippen LogP contribution in [0.4, 0.5) is 14.5 Å². The van der Waals surface area contributed by atoms with Gasteiger partial charge in [-0.05, 0) is 24.3 Å². The van der Waals surface area contributed by atoms with Gasteiger partial charge in [-0.25, -0.2) is 8.78 Å². The molecule has 2 aromatic rings. The Bertz CT molecular complexity index is 722. The lowest BCUT2D eigenvalue weighted by atomic mass is 10.2. The molecule has 2 amide bonds. The summed E-state index contributed by atoms with van der Waals surface area (Å²) in [5.41, 5.74) is 5.07. The first-order chi connectivity index (χ1) is 10.5. The molecule has 0 fully saturated rings. The van der Waals surface area contributed by atoms with Crippen molar-refractivity contribution < 1.29 is 18.4 Å². The van der Waals surface area contributed by atoms with Crippen molar-refractivity contribution in [1.82, 2.24) is 0 Å². The average molecular weight is 322 g/mol. The first kappa shape index (κ1) is 16.0. The van der Waals surface area contributed by atoms with Crippen molar-refractivity contribution in [2.24, 2.45) is 5.73 Å². The van der Waals surface area contributed by atoms with E-state index >= 15 is 0 Å². The van der Waals surface area contributed by atoms with E-state index in [0.717, 1.165) is 30.0 Å². The van der Waals surface area contributed by atoms with Crippen LogP contribution in [0.3, 0.4) is 0 Å². The number of hydrogen-bond acceptors (Lipinski definition) is 3. The molecule has 0 radical (unpaired) electrons. The minimum absolute atomic E-state index is 0.0125. The number of anilines is 1. The second-order valence-corrected chi connectivity index (χ2v) is 5.35. The van der Waals surface area contributed by atoms with Crippen LogP contribution in [0.1, 0.15) is 10.4 Å². The van der Waals surface area contributed by atoms with E-state index < -0.39 is 23.4 Å². The quantitative estimate of drug-likeness (QED) is 0.832. The number of nitrogens with one attached hydrogen (secondary N) is 1. The molecular formula is C15H12F2N2O2S. The van der Waals surface area contributed by atoms with Crippen molar-refractivity contribution in [2.45, 2.75) is 4.90 Å². The van der Waals surface area contributed by atoms with E-state index in [1.165, 1.54) is 6.07 Å². The Morgan fingerprint density at radius 1 is 1.14 bits per heavy atom. The highest BCUT2D eigenvalue weighted by Gasteiger charge is 2.14. The van der Waals surface area contributed by atoms with E-state index in [4.69, 9.17) is 5.73 Å². The maximum absolute atomic E-state index is 13.6. The molecule has 0 heterocycles. The van der Waals surface area contributed by atoms with Gasteiger partial charge in [0.25, 0.3) is 5.91 Å². The number of carbonyl (C=O) groups excluding carboxylic acids is 2. The standard InChI is InChI=1S/C15H12F2N2O2S/c16-9-5-6-11(17)12(7-9)19-15(21)10-3-1-2-4-13(10)22-8-14(18)20/h1-7H,8H2,(H2,18,20)(H,19,21). The normalized spacial score (nSPS) is 10.3. The first-order valence-corrected chi connectivity index (χ1v) is 7.22. The van der Waals surface area contributed by atoms with Crippen molar-refractivity contribution >= 4 is 29.3 Å². The fraction of sp³-hybridized carbons (Fsp3) is 0.0667. The molecular weight excluding hydrogens is 310 g/mol. The van der Waals surface area contributed by atoms with Crippen molar-refractivity contribution in [3.63, 3.8) is 0 Å². The van der Waals surface area contributed by atoms with E-state index in [0.29, 0.717) is 4.90 Å². The number of carbonyl (C=O) groups is 2. The van der Waals surface area contributed by atoms with Crippen molar-refractivity contribution in [2.75, 3.05) is 11.1 Å². The molecule has 0 unspecified atom stereocenters. The van der Waals surface area contributed by atoms with Gasteiger partial charge in [-0.2, -0.15) is 0 Å². The van der Waals surface area contributed by atoms with Gasteiger partial charge in [-0.1, -0.05) is 12.1 Å². The number of hydrogen-bond donors (Lipinski definition) is 2. The molecule has 0 atom stereocenters. The molecule has 0 bridgehead atoms. The van der Waals surface area contributed by atoms with Crippen LogP contribution in [-0.4, -0.2) is 17.6 Å². The zero-order valence-electron chi connectivity index (χ0n) is 11.3. The first-order valence-electron chi connectivity index (χ1n) is 6.24. The summed E-state index contributed by atoms with van der Waals surface area (Å²) in [4.78, 5) is 23.6. The predicted octanol–water partition coefficient (Wildman–Crippen LogP) is 2.79. The van der Waals surface area contributed by atoms with Gasteiger partial charge in [0, 0.05) is 11.0 Å². The number of benzene rings is 2. The van der Waals surface area contributed by atoms with Gasteiger partial charge in [0.15, 0.2) is 0 Å². The van der Waals surface area contributed by atoms with E-state index in [9.17, 15) is 18.4 Å². The highest BCUT2D eigenvalue weighted by molar-refractivity contribution is 8.00. The summed E-state index contributed by atoms with van der Waals surface area (Å²) in [6, 6.07) is 9.28. The molecule has 0 aliphatic heterocycles. The SMILES string of the molecule is NC(=O)CSc1ccccc1C(=O)Nc1cc(F)ccc1F. The maximum atomic E-state index is 13.6. The molecule has 22 heavy (non-hydrogen) atoms. The Labute approximate surface area is 129 Å². The Hall–Kier alpha value is -2.41. The minimum atomic E-state index is -0.739. The molecule has 2 rings (SSSR count). The average Bonchev–Trinajstić information content (AvgIpc) is 2.49. The van der Waals surface area contributed by atoms with Crippen molar-refractivity contribution in [1.29, 1.82) is 0 Å². The third-order valence-corrected chi connectivity index (χ3v) is 3.77. The van der Waals surface area contributed by atoms with Crippen LogP contribution < -0.4 is 11.1 Å². The fourth-order valence-corrected chi connectivity index (χ4v) is 2.50. The number of halogens is 2. The van der Waals surface area contributed by atoms with E-state index in [2.05, 4.69) is 5.32 Å². The Morgan fingerprint density at radius 2 is 1.86 bits per heavy atom. The number of primary amides is 1. The second-order valence-electron chi connectivity index (χ2n) is 4.33. The Morgan fingerprint density at radius 3 is 2.59 bits per heavy atom. The summed E-state index contributed by atoms with van der Waals surface area (Å²) in [5, 5.41) is 2.31. The lowest BCUT2D eigenvalue weighted by Crippen LogP contribution is -2.16. The van der Waals surface area contributed by atoms with Crippen molar-refractivity contribution in [3.05, 3.63) is 59.7 Å². The zero-order chi connectivity index (χ0) is 16.1. The predicted molar refractivity (Wildman–Crippen MR) is 80.7 cm³/mol. The monoisotopic (exact) mass is 322 g/mol. The summed E-state index contributed by atoms with van der Waals surface area (Å²) < 4.78 is 26.7. The van der Waals surface area contributed by atoms with Crippen LogP contribution in [0, 0.1) is 11.6 Å². The highest BCUT2D eigenvalue weighted by atomic mass is 32.2. The second kappa shape index (κ2) is 7.04. The minimum Gasteiger partial charge on any atom is -0.369 e. The Balaban J connectivity index is 2.22. The van der Waals surface area contributed by atoms with Gasteiger partial charge >= 0.3 is 0 Å². The molecule has 0 aliphatic rings. The summed E-state index contributed by atoms with van der Waals surface area (Å²) in [5.74, 6) is -2.50. The van der Waals surface area contributed by atoms with Gasteiger partial charge in [-0.15, -0.1) is 11.8 Å². The van der Waals surface area contributed by atoms with Crippen LogP contribution in [0.25, 0.3) is 0 Å². The van der Waals surface area contributed by atoms with Crippen LogP contribution >= 0.6 is 11.8 Å². The third kappa shape index (κ3) is 4.05. The van der Waals surface area contributed by atoms with Gasteiger partial charge in [0.2, 0.25) is 5.91 Å². The van der Waals surface area contributed by atoms with Gasteiger partial charge in [0.05, 0.1) is 17.0 Å². The molecule has 0 saturated heterocycles. The van der Waals surface area contributed by atoms with Gasteiger partial charge in [0.1, 0.15) is 11.6 Å². The fourth-order valence-electron chi connectivity index (χ4n) is 1.71. The molecule has 3 N–H and O–H groups in total. The van der Waals surface area contributed by atoms with Gasteiger partial charge in [-0.3, -0.25) is 9.59 Å². The van der Waals surface area contributed by atoms with Crippen molar-refractivity contribution in [3.8, 4) is 0 Å². The molecule has 0 saturated carbocycles. The lowest BCUT2D eigenvalue weighted by Gasteiger charge is -2.10. The summed E-state index contributed by atoms with van der Waals surface area (Å²) in [6.07, 6.45) is 0. The molecule has 114 valence electrons. The van der Waals surface area contributed by atoms with Crippen LogP contribution in [0.5, 0.6) is 0 Å². The van der Waals surface area contributed by atoms with E-state index in [-0.39, 0.29) is 17.0 Å². The largest absolute Gasteiger partial charge is 0.369 e. The highest BCUT2D eigenvalue weighted by Crippen LogP contribution is 2.24.